The van der Waals surface area contributed by atoms with Crippen LogP contribution in [0.5, 0.6) is 0 Å². The minimum atomic E-state index is 0.0409. The number of ether oxygens (including phenoxy) is 1. The topological polar surface area (TPSA) is 43.2 Å². The number of aromatic nitrogens is 3. The summed E-state index contributed by atoms with van der Waals surface area (Å²) in [4.78, 5) is 6.97. The number of halogens is 1. The zero-order valence-electron chi connectivity index (χ0n) is 17.3. The van der Waals surface area contributed by atoms with Crippen molar-refractivity contribution in [3.63, 3.8) is 0 Å². The molecule has 1 aliphatic rings. The number of hydrogen-bond acceptors (Lipinski definition) is 5. The van der Waals surface area contributed by atoms with Gasteiger partial charge in [0.05, 0.1) is 24.6 Å². The third-order valence-electron chi connectivity index (χ3n) is 5.45. The van der Waals surface area contributed by atoms with Gasteiger partial charge in [0.1, 0.15) is 5.82 Å². The predicted octanol–water partition coefficient (Wildman–Crippen LogP) is 5.31. The summed E-state index contributed by atoms with van der Waals surface area (Å²) in [5.74, 6) is 1.50. The van der Waals surface area contributed by atoms with Gasteiger partial charge in [0.2, 0.25) is 0 Å². The molecule has 0 saturated carbocycles. The van der Waals surface area contributed by atoms with Crippen LogP contribution in [0.4, 0.5) is 5.82 Å². The predicted molar refractivity (Wildman–Crippen MR) is 125 cm³/mol. The van der Waals surface area contributed by atoms with E-state index >= 15 is 0 Å². The Labute approximate surface area is 188 Å². The van der Waals surface area contributed by atoms with Crippen molar-refractivity contribution in [3.05, 3.63) is 71.1 Å². The van der Waals surface area contributed by atoms with Crippen molar-refractivity contribution in [1.29, 1.82) is 0 Å². The first-order valence-corrected chi connectivity index (χ1v) is 11.2. The quantitative estimate of drug-likeness (QED) is 0.525. The van der Waals surface area contributed by atoms with Crippen LogP contribution in [0.3, 0.4) is 0 Å². The number of hydrogen-bond donors (Lipinski definition) is 1. The third kappa shape index (κ3) is 4.99. The van der Waals surface area contributed by atoms with Crippen molar-refractivity contribution in [1.82, 2.24) is 14.8 Å². The molecule has 5 nitrogen and oxygen atoms in total. The number of thiol groups is 1. The molecule has 0 aliphatic carbocycles. The summed E-state index contributed by atoms with van der Waals surface area (Å²) < 4.78 is 7.86. The Morgan fingerprint density at radius 1 is 1.20 bits per heavy atom. The lowest BCUT2D eigenvalue weighted by atomic mass is 10.1. The fourth-order valence-electron chi connectivity index (χ4n) is 3.65. The van der Waals surface area contributed by atoms with Gasteiger partial charge in [0.15, 0.2) is 0 Å². The van der Waals surface area contributed by atoms with Crippen LogP contribution in [0.25, 0.3) is 5.69 Å². The zero-order valence-corrected chi connectivity index (χ0v) is 18.9. The molecule has 2 atom stereocenters. The summed E-state index contributed by atoms with van der Waals surface area (Å²) in [6, 6.07) is 11.9. The normalized spacial score (nSPS) is 18.0. The van der Waals surface area contributed by atoms with E-state index in [2.05, 4.69) is 41.0 Å². The summed E-state index contributed by atoms with van der Waals surface area (Å²) in [6.07, 6.45) is 6.77. The first-order valence-electron chi connectivity index (χ1n) is 10.3. The standard InChI is InChI=1S/C23H27ClN4OS/c1-16(2)17-6-7-23(25-12-17)27-8-9-29-21(15-27)11-22(30)18-13-26-28(14-18)20-5-3-4-19(24)10-20/h3-7,10,12-14,16,21-22,30H,8-9,11,15H2,1-2H3. The number of anilines is 1. The lowest BCUT2D eigenvalue weighted by Gasteiger charge is -2.34. The summed E-state index contributed by atoms with van der Waals surface area (Å²) in [6.45, 7) is 6.73. The molecule has 3 heterocycles. The highest BCUT2D eigenvalue weighted by Crippen LogP contribution is 2.29. The van der Waals surface area contributed by atoms with Crippen molar-refractivity contribution in [3.8, 4) is 5.69 Å². The molecule has 3 aromatic rings. The van der Waals surface area contributed by atoms with Gasteiger partial charge in [-0.05, 0) is 42.2 Å². The number of morpholine rings is 1. The monoisotopic (exact) mass is 442 g/mol. The molecule has 2 aromatic heterocycles. The second kappa shape index (κ2) is 9.41. The van der Waals surface area contributed by atoms with Crippen molar-refractivity contribution < 1.29 is 4.74 Å². The van der Waals surface area contributed by atoms with Crippen LogP contribution in [0.1, 0.15) is 42.6 Å². The Balaban J connectivity index is 1.39. The number of benzene rings is 1. The van der Waals surface area contributed by atoms with E-state index in [-0.39, 0.29) is 11.4 Å². The minimum absolute atomic E-state index is 0.0409. The fraction of sp³-hybridized carbons (Fsp3) is 0.391. The highest BCUT2D eigenvalue weighted by atomic mass is 35.5. The van der Waals surface area contributed by atoms with Crippen LogP contribution in [0, 0.1) is 0 Å². The van der Waals surface area contributed by atoms with Crippen LogP contribution in [-0.2, 0) is 4.74 Å². The smallest absolute Gasteiger partial charge is 0.128 e. The molecule has 0 bridgehead atoms. The number of rotatable bonds is 6. The van der Waals surface area contributed by atoms with Gasteiger partial charge < -0.3 is 9.64 Å². The maximum atomic E-state index is 6.10. The first-order chi connectivity index (χ1) is 14.5. The highest BCUT2D eigenvalue weighted by Gasteiger charge is 2.24. The molecule has 30 heavy (non-hydrogen) atoms. The molecular formula is C23H27ClN4OS. The Hall–Kier alpha value is -2.02. The number of pyridine rings is 1. The van der Waals surface area contributed by atoms with Crippen LogP contribution < -0.4 is 4.90 Å². The lowest BCUT2D eigenvalue weighted by molar-refractivity contribution is 0.0348. The summed E-state index contributed by atoms with van der Waals surface area (Å²) in [5.41, 5.74) is 3.26. The fourth-order valence-corrected chi connectivity index (χ4v) is 4.20. The molecule has 0 N–H and O–H groups in total. The zero-order chi connectivity index (χ0) is 21.1. The average Bonchev–Trinajstić information content (AvgIpc) is 3.25. The second-order valence-corrected chi connectivity index (χ2v) is 9.05. The third-order valence-corrected chi connectivity index (χ3v) is 6.19. The summed E-state index contributed by atoms with van der Waals surface area (Å²) in [7, 11) is 0. The first kappa shape index (κ1) is 21.2. The number of nitrogens with zero attached hydrogens (tertiary/aromatic N) is 4. The van der Waals surface area contributed by atoms with E-state index in [1.165, 1.54) is 5.56 Å². The van der Waals surface area contributed by atoms with Gasteiger partial charge in [-0.1, -0.05) is 37.6 Å². The summed E-state index contributed by atoms with van der Waals surface area (Å²) >= 11 is 10.9. The molecule has 0 spiro atoms. The molecule has 1 aliphatic heterocycles. The maximum Gasteiger partial charge on any atom is 0.128 e. The molecule has 158 valence electrons. The van der Waals surface area contributed by atoms with Gasteiger partial charge >= 0.3 is 0 Å². The van der Waals surface area contributed by atoms with Gasteiger partial charge in [0.25, 0.3) is 0 Å². The van der Waals surface area contributed by atoms with Gasteiger partial charge in [0, 0.05) is 41.3 Å². The molecular weight excluding hydrogens is 416 g/mol. The van der Waals surface area contributed by atoms with Crippen molar-refractivity contribution in [2.45, 2.75) is 37.5 Å². The van der Waals surface area contributed by atoms with Gasteiger partial charge in [-0.2, -0.15) is 17.7 Å². The van der Waals surface area contributed by atoms with Crippen LogP contribution in [0.2, 0.25) is 5.02 Å². The Morgan fingerprint density at radius 2 is 2.07 bits per heavy atom. The molecule has 0 amide bonds. The van der Waals surface area contributed by atoms with Crippen LogP contribution >= 0.6 is 24.2 Å². The van der Waals surface area contributed by atoms with Gasteiger partial charge in [-0.25, -0.2) is 9.67 Å². The molecule has 0 radical (unpaired) electrons. The molecule has 7 heteroatoms. The van der Waals surface area contributed by atoms with E-state index in [0.717, 1.165) is 36.6 Å². The van der Waals surface area contributed by atoms with Crippen molar-refractivity contribution >= 4 is 30.0 Å². The van der Waals surface area contributed by atoms with Crippen LogP contribution in [0.15, 0.2) is 55.0 Å². The minimum Gasteiger partial charge on any atom is -0.374 e. The van der Waals surface area contributed by atoms with Crippen molar-refractivity contribution in [2.75, 3.05) is 24.6 Å². The highest BCUT2D eigenvalue weighted by molar-refractivity contribution is 7.80. The molecule has 1 fully saturated rings. The molecule has 1 saturated heterocycles. The van der Waals surface area contributed by atoms with E-state index in [1.54, 1.807) is 0 Å². The van der Waals surface area contributed by atoms with Gasteiger partial charge in [-0.3, -0.25) is 0 Å². The molecule has 4 rings (SSSR count). The Morgan fingerprint density at radius 3 is 2.80 bits per heavy atom. The maximum absolute atomic E-state index is 6.10. The second-order valence-electron chi connectivity index (χ2n) is 7.99. The van der Waals surface area contributed by atoms with Crippen LogP contribution in [-0.4, -0.2) is 40.6 Å². The van der Waals surface area contributed by atoms with Gasteiger partial charge in [-0.15, -0.1) is 0 Å². The van der Waals surface area contributed by atoms with E-state index in [4.69, 9.17) is 29.0 Å². The SMILES string of the molecule is CC(C)c1ccc(N2CCOC(CC(S)c3cnn(-c4cccc(Cl)c4)c3)C2)nc1. The molecule has 2 unspecified atom stereocenters. The van der Waals surface area contributed by atoms with E-state index in [1.807, 2.05) is 47.5 Å². The largest absolute Gasteiger partial charge is 0.374 e. The Bertz CT molecular complexity index is 975. The van der Waals surface area contributed by atoms with Crippen molar-refractivity contribution in [2.24, 2.45) is 0 Å². The molecule has 1 aromatic carbocycles. The van der Waals surface area contributed by atoms with E-state index in [9.17, 15) is 0 Å². The lowest BCUT2D eigenvalue weighted by Crippen LogP contribution is -2.43. The van der Waals surface area contributed by atoms with E-state index in [0.29, 0.717) is 17.5 Å². The van der Waals surface area contributed by atoms with E-state index < -0.39 is 0 Å². The summed E-state index contributed by atoms with van der Waals surface area (Å²) in [5, 5.41) is 5.21. The average molecular weight is 443 g/mol. The Kier molecular flexibility index (Phi) is 6.66.